The van der Waals surface area contributed by atoms with Crippen LogP contribution in [-0.4, -0.2) is 0 Å². The van der Waals surface area contributed by atoms with E-state index in [1.165, 1.54) is 0 Å². The number of alkyl halides is 1. The van der Waals surface area contributed by atoms with Crippen LogP contribution in [-0.2, 0) is 5.88 Å². The van der Waals surface area contributed by atoms with E-state index in [4.69, 9.17) is 34.8 Å². The molecule has 0 nitrogen and oxygen atoms in total. The van der Waals surface area contributed by atoms with Crippen LogP contribution in [0, 0.1) is 0 Å². The third-order valence-electron chi connectivity index (χ3n) is 1.27. The fourth-order valence-corrected chi connectivity index (χ4v) is 2.20. The van der Waals surface area contributed by atoms with Gasteiger partial charge in [0.1, 0.15) is 0 Å². The molecule has 0 atom stereocenters. The standard InChI is InChI=1S/C7H4BrCl3/c8-7-4(3-9)5(10)1-2-6(7)11/h1-2H,3H2. The van der Waals surface area contributed by atoms with Gasteiger partial charge in [-0.05, 0) is 28.1 Å². The molecular formula is C7H4BrCl3. The van der Waals surface area contributed by atoms with E-state index in [1.807, 2.05) is 0 Å². The van der Waals surface area contributed by atoms with Gasteiger partial charge in [-0.2, -0.15) is 0 Å². The molecular weight excluding hydrogens is 270 g/mol. The second-order valence-corrected chi connectivity index (χ2v) is 3.83. The third-order valence-corrected chi connectivity index (χ3v) is 3.34. The van der Waals surface area contributed by atoms with Gasteiger partial charge in [-0.25, -0.2) is 0 Å². The zero-order valence-electron chi connectivity index (χ0n) is 5.37. The summed E-state index contributed by atoms with van der Waals surface area (Å²) in [6.45, 7) is 0. The van der Waals surface area contributed by atoms with Gasteiger partial charge in [-0.3, -0.25) is 0 Å². The van der Waals surface area contributed by atoms with Gasteiger partial charge in [0.25, 0.3) is 0 Å². The third kappa shape index (κ3) is 2.03. The Bertz CT molecular complexity index is 273. The van der Waals surface area contributed by atoms with Gasteiger partial charge in [0.05, 0.1) is 10.9 Å². The van der Waals surface area contributed by atoms with Crippen LogP contribution in [0.25, 0.3) is 0 Å². The van der Waals surface area contributed by atoms with Crippen molar-refractivity contribution in [2.24, 2.45) is 0 Å². The Balaban J connectivity index is 3.29. The van der Waals surface area contributed by atoms with Crippen LogP contribution in [0.15, 0.2) is 16.6 Å². The van der Waals surface area contributed by atoms with Crippen LogP contribution < -0.4 is 0 Å². The van der Waals surface area contributed by atoms with Crippen LogP contribution >= 0.6 is 50.7 Å². The maximum atomic E-state index is 5.83. The summed E-state index contributed by atoms with van der Waals surface area (Å²) in [6.07, 6.45) is 0. The Hall–Kier alpha value is 0.570. The second kappa shape index (κ2) is 3.99. The first-order valence-corrected chi connectivity index (χ1v) is 4.93. The molecule has 0 bridgehead atoms. The minimum Gasteiger partial charge on any atom is -0.121 e. The molecule has 11 heavy (non-hydrogen) atoms. The van der Waals surface area contributed by atoms with Crippen molar-refractivity contribution in [3.05, 3.63) is 32.2 Å². The van der Waals surface area contributed by atoms with Crippen LogP contribution in [0.4, 0.5) is 0 Å². The number of benzene rings is 1. The minimum atomic E-state index is 0.361. The van der Waals surface area contributed by atoms with E-state index in [2.05, 4.69) is 15.9 Å². The maximum Gasteiger partial charge on any atom is 0.0552 e. The van der Waals surface area contributed by atoms with Gasteiger partial charge in [-0.1, -0.05) is 23.2 Å². The lowest BCUT2D eigenvalue weighted by molar-refractivity contribution is 1.37. The van der Waals surface area contributed by atoms with E-state index >= 15 is 0 Å². The van der Waals surface area contributed by atoms with Crippen molar-refractivity contribution in [2.45, 2.75) is 5.88 Å². The second-order valence-electron chi connectivity index (χ2n) is 1.96. The van der Waals surface area contributed by atoms with Crippen LogP contribution in [0.1, 0.15) is 5.56 Å². The Morgan fingerprint density at radius 2 is 1.73 bits per heavy atom. The summed E-state index contributed by atoms with van der Waals surface area (Å²) in [4.78, 5) is 0. The highest BCUT2D eigenvalue weighted by Gasteiger charge is 2.06. The molecule has 0 spiro atoms. The van der Waals surface area contributed by atoms with Crippen molar-refractivity contribution in [1.82, 2.24) is 0 Å². The van der Waals surface area contributed by atoms with E-state index in [9.17, 15) is 0 Å². The molecule has 0 fully saturated rings. The van der Waals surface area contributed by atoms with Crippen LogP contribution in [0.5, 0.6) is 0 Å². The lowest BCUT2D eigenvalue weighted by atomic mass is 10.2. The van der Waals surface area contributed by atoms with E-state index in [0.29, 0.717) is 15.9 Å². The van der Waals surface area contributed by atoms with E-state index < -0.39 is 0 Å². The zero-order valence-corrected chi connectivity index (χ0v) is 9.23. The summed E-state index contributed by atoms with van der Waals surface area (Å²) in [5.41, 5.74) is 0.834. The molecule has 0 aliphatic carbocycles. The topological polar surface area (TPSA) is 0 Å². The van der Waals surface area contributed by atoms with Crippen molar-refractivity contribution >= 4 is 50.7 Å². The predicted octanol–water partition coefficient (Wildman–Crippen LogP) is 4.49. The normalized spacial score (nSPS) is 10.2. The van der Waals surface area contributed by atoms with Crippen molar-refractivity contribution in [1.29, 1.82) is 0 Å². The molecule has 0 heterocycles. The van der Waals surface area contributed by atoms with Gasteiger partial charge >= 0.3 is 0 Å². The molecule has 4 heteroatoms. The first-order chi connectivity index (χ1) is 5.16. The summed E-state index contributed by atoms with van der Waals surface area (Å²) in [5, 5.41) is 1.27. The van der Waals surface area contributed by atoms with Crippen molar-refractivity contribution in [3.8, 4) is 0 Å². The van der Waals surface area contributed by atoms with Gasteiger partial charge in [-0.15, -0.1) is 11.6 Å². The largest absolute Gasteiger partial charge is 0.121 e. The fraction of sp³-hybridized carbons (Fsp3) is 0.143. The maximum absolute atomic E-state index is 5.83. The molecule has 0 amide bonds. The molecule has 0 aliphatic rings. The SMILES string of the molecule is ClCc1c(Cl)ccc(Cl)c1Br. The first-order valence-electron chi connectivity index (χ1n) is 2.85. The first kappa shape index (κ1) is 9.66. The lowest BCUT2D eigenvalue weighted by Gasteiger charge is -2.03. The monoisotopic (exact) mass is 272 g/mol. The van der Waals surface area contributed by atoms with Crippen molar-refractivity contribution in [2.75, 3.05) is 0 Å². The summed E-state index contributed by atoms with van der Waals surface area (Å²) in [5.74, 6) is 0.361. The summed E-state index contributed by atoms with van der Waals surface area (Å²) < 4.78 is 0.779. The fourth-order valence-electron chi connectivity index (χ4n) is 0.692. The smallest absolute Gasteiger partial charge is 0.0552 e. The number of hydrogen-bond acceptors (Lipinski definition) is 0. The molecule has 0 aliphatic heterocycles. The van der Waals surface area contributed by atoms with Crippen molar-refractivity contribution < 1.29 is 0 Å². The van der Waals surface area contributed by atoms with Gasteiger partial charge < -0.3 is 0 Å². The van der Waals surface area contributed by atoms with E-state index in [-0.39, 0.29) is 0 Å². The minimum absolute atomic E-state index is 0.361. The number of rotatable bonds is 1. The molecule has 0 radical (unpaired) electrons. The molecule has 0 saturated heterocycles. The van der Waals surface area contributed by atoms with Crippen LogP contribution in [0.2, 0.25) is 10.0 Å². The molecule has 1 rings (SSSR count). The quantitative estimate of drug-likeness (QED) is 0.522. The zero-order chi connectivity index (χ0) is 8.43. The molecule has 0 saturated carbocycles. The Morgan fingerprint density at radius 3 is 2.18 bits per heavy atom. The highest BCUT2D eigenvalue weighted by molar-refractivity contribution is 9.10. The molecule has 0 N–H and O–H groups in total. The highest BCUT2D eigenvalue weighted by Crippen LogP contribution is 2.32. The summed E-state index contributed by atoms with van der Waals surface area (Å²) in [6, 6.07) is 3.45. The van der Waals surface area contributed by atoms with Gasteiger partial charge in [0.2, 0.25) is 0 Å². The molecule has 0 unspecified atom stereocenters. The molecule has 0 aromatic heterocycles. The Morgan fingerprint density at radius 1 is 1.18 bits per heavy atom. The number of hydrogen-bond donors (Lipinski definition) is 0. The van der Waals surface area contributed by atoms with Crippen molar-refractivity contribution in [3.63, 3.8) is 0 Å². The molecule has 1 aromatic rings. The highest BCUT2D eigenvalue weighted by atomic mass is 79.9. The van der Waals surface area contributed by atoms with E-state index in [1.54, 1.807) is 12.1 Å². The average Bonchev–Trinajstić information content (AvgIpc) is 1.99. The van der Waals surface area contributed by atoms with E-state index in [0.717, 1.165) is 10.0 Å². The summed E-state index contributed by atoms with van der Waals surface area (Å²) >= 11 is 20.6. The lowest BCUT2D eigenvalue weighted by Crippen LogP contribution is -1.83. The Labute approximate surface area is 88.6 Å². The number of halogens is 4. The molecule has 1 aromatic carbocycles. The van der Waals surface area contributed by atoms with Crippen LogP contribution in [0.3, 0.4) is 0 Å². The summed E-state index contributed by atoms with van der Waals surface area (Å²) in [7, 11) is 0. The predicted molar refractivity (Wildman–Crippen MR) is 53.7 cm³/mol. The van der Waals surface area contributed by atoms with Gasteiger partial charge in [0, 0.05) is 15.1 Å². The average molecular weight is 274 g/mol. The Kier molecular flexibility index (Phi) is 3.51. The van der Waals surface area contributed by atoms with Gasteiger partial charge in [0.15, 0.2) is 0 Å². The molecule has 60 valence electrons.